The zero-order valence-electron chi connectivity index (χ0n) is 12.8. The summed E-state index contributed by atoms with van der Waals surface area (Å²) in [4.78, 5) is 10.2. The number of non-ortho nitro benzene ring substituents is 1. The Bertz CT molecular complexity index is 762. The molecule has 2 N–H and O–H groups in total. The van der Waals surface area contributed by atoms with E-state index in [1.165, 1.54) is 18.2 Å². The summed E-state index contributed by atoms with van der Waals surface area (Å²) in [6, 6.07) is 9.47. The van der Waals surface area contributed by atoms with E-state index < -0.39 is 4.92 Å². The molecule has 0 unspecified atom stereocenters. The Labute approximate surface area is 139 Å². The van der Waals surface area contributed by atoms with Crippen molar-refractivity contribution in [1.82, 2.24) is 5.32 Å². The molecule has 0 amide bonds. The standard InChI is InChI=1S/C16H17N3O3S/c1-10-4-3-5-14(11(10)2)18-16(23)17-9-12-8-13(19(21)22)6-7-15(12)20/h3-8,20H,9H2,1-2H3,(H2,17,18,23)/p-1. The Morgan fingerprint density at radius 3 is 2.70 bits per heavy atom. The highest BCUT2D eigenvalue weighted by atomic mass is 32.1. The Hall–Kier alpha value is -2.67. The highest BCUT2D eigenvalue weighted by Gasteiger charge is 2.08. The maximum absolute atomic E-state index is 11.7. The average Bonchev–Trinajstić information content (AvgIpc) is 2.51. The molecule has 0 atom stereocenters. The van der Waals surface area contributed by atoms with Crippen molar-refractivity contribution in [1.29, 1.82) is 0 Å². The van der Waals surface area contributed by atoms with Crippen LogP contribution in [-0.4, -0.2) is 10.0 Å². The highest BCUT2D eigenvalue weighted by Crippen LogP contribution is 2.21. The van der Waals surface area contributed by atoms with E-state index in [2.05, 4.69) is 10.6 Å². The van der Waals surface area contributed by atoms with Crippen LogP contribution in [0.1, 0.15) is 16.7 Å². The van der Waals surface area contributed by atoms with Gasteiger partial charge in [0.25, 0.3) is 5.69 Å². The second-order valence-electron chi connectivity index (χ2n) is 5.10. The smallest absolute Gasteiger partial charge is 0.269 e. The van der Waals surface area contributed by atoms with E-state index in [-0.39, 0.29) is 18.0 Å². The van der Waals surface area contributed by atoms with Gasteiger partial charge in [0.2, 0.25) is 0 Å². The molecule has 0 radical (unpaired) electrons. The number of rotatable bonds is 4. The van der Waals surface area contributed by atoms with Crippen LogP contribution in [0.15, 0.2) is 36.4 Å². The van der Waals surface area contributed by atoms with Crippen molar-refractivity contribution in [3.8, 4) is 5.75 Å². The van der Waals surface area contributed by atoms with Crippen LogP contribution in [0, 0.1) is 24.0 Å². The Morgan fingerprint density at radius 1 is 1.26 bits per heavy atom. The predicted molar refractivity (Wildman–Crippen MR) is 91.5 cm³/mol. The molecular weight excluding hydrogens is 314 g/mol. The summed E-state index contributed by atoms with van der Waals surface area (Å²) in [5.41, 5.74) is 3.28. The third-order valence-corrected chi connectivity index (χ3v) is 3.79. The average molecular weight is 330 g/mol. The lowest BCUT2D eigenvalue weighted by atomic mass is 10.1. The first kappa shape index (κ1) is 16.7. The fourth-order valence-corrected chi connectivity index (χ4v) is 2.23. The number of anilines is 1. The van der Waals surface area contributed by atoms with E-state index in [0.717, 1.165) is 16.8 Å². The fraction of sp³-hybridized carbons (Fsp3) is 0.188. The molecule has 0 bridgehead atoms. The fourth-order valence-electron chi connectivity index (χ4n) is 2.05. The normalized spacial score (nSPS) is 10.2. The molecule has 0 heterocycles. The molecule has 120 valence electrons. The van der Waals surface area contributed by atoms with Crippen LogP contribution < -0.4 is 15.7 Å². The third kappa shape index (κ3) is 4.17. The van der Waals surface area contributed by atoms with Crippen LogP contribution >= 0.6 is 12.2 Å². The van der Waals surface area contributed by atoms with Gasteiger partial charge in [-0.25, -0.2) is 0 Å². The van der Waals surface area contributed by atoms with Crippen molar-refractivity contribution in [3.05, 3.63) is 63.2 Å². The first-order chi connectivity index (χ1) is 10.9. The minimum absolute atomic E-state index is 0.116. The summed E-state index contributed by atoms with van der Waals surface area (Å²) in [6.07, 6.45) is 0. The number of nitro groups is 1. The number of benzene rings is 2. The van der Waals surface area contributed by atoms with Crippen LogP contribution in [0.5, 0.6) is 5.75 Å². The van der Waals surface area contributed by atoms with Gasteiger partial charge in [0.05, 0.1) is 4.92 Å². The topological polar surface area (TPSA) is 90.3 Å². The van der Waals surface area contributed by atoms with Crippen LogP contribution in [0.2, 0.25) is 0 Å². The first-order valence-corrected chi connectivity index (χ1v) is 7.34. The number of hydrogen-bond acceptors (Lipinski definition) is 4. The van der Waals surface area contributed by atoms with E-state index in [4.69, 9.17) is 12.2 Å². The van der Waals surface area contributed by atoms with Gasteiger partial charge in [-0.3, -0.25) is 10.1 Å². The minimum atomic E-state index is -0.532. The first-order valence-electron chi connectivity index (χ1n) is 6.94. The van der Waals surface area contributed by atoms with Gasteiger partial charge in [-0.05, 0) is 48.8 Å². The lowest BCUT2D eigenvalue weighted by molar-refractivity contribution is -0.385. The summed E-state index contributed by atoms with van der Waals surface area (Å²) >= 11 is 5.21. The van der Waals surface area contributed by atoms with Crippen LogP contribution in [0.4, 0.5) is 11.4 Å². The molecule has 0 aliphatic heterocycles. The van der Waals surface area contributed by atoms with E-state index in [1.807, 2.05) is 32.0 Å². The summed E-state index contributed by atoms with van der Waals surface area (Å²) in [7, 11) is 0. The van der Waals surface area contributed by atoms with Crippen molar-refractivity contribution in [3.63, 3.8) is 0 Å². The molecule has 0 spiro atoms. The number of hydrogen-bond donors (Lipinski definition) is 2. The maximum Gasteiger partial charge on any atom is 0.269 e. The van der Waals surface area contributed by atoms with Gasteiger partial charge in [0.15, 0.2) is 5.11 Å². The molecule has 0 fully saturated rings. The van der Waals surface area contributed by atoms with Crippen LogP contribution in [0.25, 0.3) is 0 Å². The Balaban J connectivity index is 2.03. The number of nitro benzene ring substituents is 1. The third-order valence-electron chi connectivity index (χ3n) is 3.55. The number of thiocarbonyl (C=S) groups is 1. The largest absolute Gasteiger partial charge is 0.872 e. The van der Waals surface area contributed by atoms with Crippen molar-refractivity contribution >= 4 is 28.7 Å². The zero-order valence-corrected chi connectivity index (χ0v) is 13.6. The van der Waals surface area contributed by atoms with Crippen molar-refractivity contribution in [2.75, 3.05) is 5.32 Å². The molecule has 0 aliphatic carbocycles. The molecule has 2 aromatic rings. The molecule has 23 heavy (non-hydrogen) atoms. The van der Waals surface area contributed by atoms with Gasteiger partial charge in [0, 0.05) is 24.4 Å². The summed E-state index contributed by atoms with van der Waals surface area (Å²) < 4.78 is 0. The van der Waals surface area contributed by atoms with Gasteiger partial charge in [-0.15, -0.1) is 5.75 Å². The minimum Gasteiger partial charge on any atom is -0.872 e. The molecule has 0 saturated carbocycles. The lowest BCUT2D eigenvalue weighted by Crippen LogP contribution is -2.28. The zero-order chi connectivity index (χ0) is 17.0. The van der Waals surface area contributed by atoms with E-state index >= 15 is 0 Å². The molecular formula is C16H16N3O3S-. The van der Waals surface area contributed by atoms with E-state index in [0.29, 0.717) is 10.7 Å². The molecule has 0 aromatic heterocycles. The van der Waals surface area contributed by atoms with Crippen LogP contribution in [0.3, 0.4) is 0 Å². The van der Waals surface area contributed by atoms with Gasteiger partial charge in [-0.1, -0.05) is 18.2 Å². The van der Waals surface area contributed by atoms with Crippen LogP contribution in [-0.2, 0) is 6.54 Å². The monoisotopic (exact) mass is 330 g/mol. The molecule has 0 saturated heterocycles. The van der Waals surface area contributed by atoms with Crippen molar-refractivity contribution < 1.29 is 10.0 Å². The summed E-state index contributed by atoms with van der Waals surface area (Å²) in [6.45, 7) is 4.11. The maximum atomic E-state index is 11.7. The van der Waals surface area contributed by atoms with Gasteiger partial charge >= 0.3 is 0 Å². The molecule has 6 nitrogen and oxygen atoms in total. The summed E-state index contributed by atoms with van der Waals surface area (Å²) in [5, 5.41) is 28.8. The molecule has 0 aliphatic rings. The van der Waals surface area contributed by atoms with E-state index in [9.17, 15) is 15.2 Å². The molecule has 2 rings (SSSR count). The quantitative estimate of drug-likeness (QED) is 0.509. The number of aryl methyl sites for hydroxylation is 1. The predicted octanol–water partition coefficient (Wildman–Crippen LogP) is 2.77. The molecule has 2 aromatic carbocycles. The second-order valence-corrected chi connectivity index (χ2v) is 5.51. The lowest BCUT2D eigenvalue weighted by Gasteiger charge is -2.16. The Kier molecular flexibility index (Phi) is 5.13. The van der Waals surface area contributed by atoms with E-state index in [1.54, 1.807) is 0 Å². The van der Waals surface area contributed by atoms with Gasteiger partial charge in [-0.2, -0.15) is 0 Å². The van der Waals surface area contributed by atoms with Gasteiger partial charge in [0.1, 0.15) is 0 Å². The Morgan fingerprint density at radius 2 is 2.00 bits per heavy atom. The number of nitrogens with one attached hydrogen (secondary N) is 2. The number of nitrogens with zero attached hydrogens (tertiary/aromatic N) is 1. The highest BCUT2D eigenvalue weighted by molar-refractivity contribution is 7.80. The second kappa shape index (κ2) is 7.06. The molecule has 7 heteroatoms. The van der Waals surface area contributed by atoms with Crippen molar-refractivity contribution in [2.24, 2.45) is 0 Å². The van der Waals surface area contributed by atoms with Crippen molar-refractivity contribution in [2.45, 2.75) is 20.4 Å². The van der Waals surface area contributed by atoms with Gasteiger partial charge < -0.3 is 15.7 Å². The summed E-state index contributed by atoms with van der Waals surface area (Å²) in [5.74, 6) is -0.266. The SMILES string of the molecule is Cc1cccc(NC(=S)NCc2cc([N+](=O)[O-])ccc2[O-])c1C.